The van der Waals surface area contributed by atoms with Crippen LogP contribution in [0.2, 0.25) is 0 Å². The lowest BCUT2D eigenvalue weighted by molar-refractivity contribution is -0.146. The van der Waals surface area contributed by atoms with Gasteiger partial charge >= 0.3 is 5.97 Å². The molecule has 114 valence electrons. The molecule has 0 saturated carbocycles. The van der Waals surface area contributed by atoms with Gasteiger partial charge in [-0.1, -0.05) is 20.8 Å². The first-order valence-corrected chi connectivity index (χ1v) is 7.51. The molecule has 1 aromatic heterocycles. The number of carbonyl (C=O) groups is 1. The standard InChI is InChI=1S/C15H27N3O2/c1-5-7-14-16-9-11-18(14)10-8-13(17-12(3)4)15(19)20-6-2/h9,11-13,17H,5-8,10H2,1-4H3. The molecule has 1 rings (SSSR count). The van der Waals surface area contributed by atoms with Crippen molar-refractivity contribution in [3.8, 4) is 0 Å². The summed E-state index contributed by atoms with van der Waals surface area (Å²) in [5, 5.41) is 3.27. The molecule has 0 bridgehead atoms. The van der Waals surface area contributed by atoms with Gasteiger partial charge in [0.2, 0.25) is 0 Å². The van der Waals surface area contributed by atoms with Gasteiger partial charge in [0.05, 0.1) is 6.61 Å². The number of carbonyl (C=O) groups excluding carboxylic acids is 1. The zero-order valence-electron chi connectivity index (χ0n) is 13.1. The summed E-state index contributed by atoms with van der Waals surface area (Å²) in [7, 11) is 0. The molecule has 0 aliphatic rings. The average molecular weight is 281 g/mol. The second-order valence-electron chi connectivity index (χ2n) is 5.20. The fourth-order valence-electron chi connectivity index (χ4n) is 2.18. The summed E-state index contributed by atoms with van der Waals surface area (Å²) in [4.78, 5) is 16.3. The van der Waals surface area contributed by atoms with Crippen LogP contribution in [-0.4, -0.2) is 34.2 Å². The van der Waals surface area contributed by atoms with Crippen molar-refractivity contribution in [1.82, 2.24) is 14.9 Å². The number of aromatic nitrogens is 2. The van der Waals surface area contributed by atoms with Gasteiger partial charge in [0, 0.05) is 31.4 Å². The van der Waals surface area contributed by atoms with Crippen LogP contribution in [0.25, 0.3) is 0 Å². The third-order valence-electron chi connectivity index (χ3n) is 3.04. The number of aryl methyl sites for hydroxylation is 2. The largest absolute Gasteiger partial charge is 0.465 e. The maximum absolute atomic E-state index is 11.9. The van der Waals surface area contributed by atoms with Crippen LogP contribution in [0, 0.1) is 0 Å². The molecule has 5 nitrogen and oxygen atoms in total. The number of hydrogen-bond acceptors (Lipinski definition) is 4. The monoisotopic (exact) mass is 281 g/mol. The molecule has 0 saturated heterocycles. The highest BCUT2D eigenvalue weighted by Gasteiger charge is 2.20. The fraction of sp³-hybridized carbons (Fsp3) is 0.733. The minimum atomic E-state index is -0.258. The molecule has 0 fully saturated rings. The van der Waals surface area contributed by atoms with Crippen LogP contribution in [0.4, 0.5) is 0 Å². The Morgan fingerprint density at radius 1 is 1.45 bits per heavy atom. The molecule has 20 heavy (non-hydrogen) atoms. The number of rotatable bonds is 9. The van der Waals surface area contributed by atoms with Gasteiger partial charge in [-0.3, -0.25) is 4.79 Å². The van der Waals surface area contributed by atoms with Gasteiger partial charge in [0.1, 0.15) is 11.9 Å². The SMILES string of the molecule is CCCc1nccn1CCC(NC(C)C)C(=O)OCC. The molecule has 0 radical (unpaired) electrons. The van der Waals surface area contributed by atoms with E-state index in [2.05, 4.69) is 21.8 Å². The zero-order chi connectivity index (χ0) is 15.0. The molecule has 1 N–H and O–H groups in total. The van der Waals surface area contributed by atoms with Gasteiger partial charge < -0.3 is 14.6 Å². The molecular weight excluding hydrogens is 254 g/mol. The van der Waals surface area contributed by atoms with Gasteiger partial charge in [-0.15, -0.1) is 0 Å². The van der Waals surface area contributed by atoms with Crippen molar-refractivity contribution >= 4 is 5.97 Å². The van der Waals surface area contributed by atoms with E-state index in [0.717, 1.165) is 25.2 Å². The molecule has 1 heterocycles. The number of nitrogens with one attached hydrogen (secondary N) is 1. The van der Waals surface area contributed by atoms with Crippen molar-refractivity contribution in [1.29, 1.82) is 0 Å². The topological polar surface area (TPSA) is 56.2 Å². The molecule has 0 amide bonds. The van der Waals surface area contributed by atoms with E-state index >= 15 is 0 Å². The number of hydrogen-bond donors (Lipinski definition) is 1. The zero-order valence-corrected chi connectivity index (χ0v) is 13.1. The van der Waals surface area contributed by atoms with Crippen LogP contribution in [0.5, 0.6) is 0 Å². The average Bonchev–Trinajstić information content (AvgIpc) is 2.82. The fourth-order valence-corrected chi connectivity index (χ4v) is 2.18. The molecule has 1 atom stereocenters. The maximum atomic E-state index is 11.9. The predicted octanol–water partition coefficient (Wildman–Crippen LogP) is 2.16. The van der Waals surface area contributed by atoms with Crippen molar-refractivity contribution in [3.63, 3.8) is 0 Å². The third-order valence-corrected chi connectivity index (χ3v) is 3.04. The Labute approximate surface area is 121 Å². The minimum absolute atomic E-state index is 0.168. The molecule has 1 aromatic rings. The van der Waals surface area contributed by atoms with Crippen molar-refractivity contribution < 1.29 is 9.53 Å². The van der Waals surface area contributed by atoms with E-state index in [4.69, 9.17) is 4.74 Å². The van der Waals surface area contributed by atoms with Crippen molar-refractivity contribution in [2.24, 2.45) is 0 Å². The second-order valence-corrected chi connectivity index (χ2v) is 5.20. The van der Waals surface area contributed by atoms with Crippen LogP contribution < -0.4 is 5.32 Å². The Hall–Kier alpha value is -1.36. The highest BCUT2D eigenvalue weighted by atomic mass is 16.5. The van der Waals surface area contributed by atoms with Crippen LogP contribution >= 0.6 is 0 Å². The Morgan fingerprint density at radius 3 is 2.80 bits per heavy atom. The summed E-state index contributed by atoms with van der Waals surface area (Å²) < 4.78 is 7.25. The molecule has 1 unspecified atom stereocenters. The quantitative estimate of drug-likeness (QED) is 0.705. The van der Waals surface area contributed by atoms with Crippen LogP contribution in [-0.2, 0) is 22.5 Å². The predicted molar refractivity (Wildman–Crippen MR) is 79.5 cm³/mol. The third kappa shape index (κ3) is 5.33. The Kier molecular flexibility index (Phi) is 7.30. The van der Waals surface area contributed by atoms with E-state index in [1.54, 1.807) is 0 Å². The van der Waals surface area contributed by atoms with Crippen molar-refractivity contribution in [3.05, 3.63) is 18.2 Å². The van der Waals surface area contributed by atoms with Crippen LogP contribution in [0.15, 0.2) is 12.4 Å². The van der Waals surface area contributed by atoms with E-state index < -0.39 is 0 Å². The lowest BCUT2D eigenvalue weighted by Gasteiger charge is -2.20. The summed E-state index contributed by atoms with van der Waals surface area (Å²) in [6.07, 6.45) is 6.55. The van der Waals surface area contributed by atoms with Gasteiger partial charge in [-0.2, -0.15) is 0 Å². The van der Waals surface area contributed by atoms with E-state index in [9.17, 15) is 4.79 Å². The summed E-state index contributed by atoms with van der Waals surface area (Å²) in [6.45, 7) is 9.23. The van der Waals surface area contributed by atoms with E-state index in [1.807, 2.05) is 33.2 Å². The molecule has 0 aromatic carbocycles. The van der Waals surface area contributed by atoms with Gasteiger partial charge in [0.25, 0.3) is 0 Å². The summed E-state index contributed by atoms with van der Waals surface area (Å²) in [5.74, 6) is 0.915. The first-order chi connectivity index (χ1) is 9.58. The molecule has 0 spiro atoms. The minimum Gasteiger partial charge on any atom is -0.465 e. The number of imidazole rings is 1. The van der Waals surface area contributed by atoms with Crippen LogP contribution in [0.1, 0.15) is 46.4 Å². The maximum Gasteiger partial charge on any atom is 0.323 e. The van der Waals surface area contributed by atoms with E-state index in [0.29, 0.717) is 13.0 Å². The molecule has 5 heteroatoms. The molecular formula is C15H27N3O2. The summed E-state index contributed by atoms with van der Waals surface area (Å²) in [6, 6.07) is -0.00543. The highest BCUT2D eigenvalue weighted by Crippen LogP contribution is 2.06. The summed E-state index contributed by atoms with van der Waals surface area (Å²) in [5.41, 5.74) is 0. The van der Waals surface area contributed by atoms with Gasteiger partial charge in [0.15, 0.2) is 0 Å². The normalized spacial score (nSPS) is 12.7. The number of ether oxygens (including phenoxy) is 1. The van der Waals surface area contributed by atoms with Crippen LogP contribution in [0.3, 0.4) is 0 Å². The Balaban J connectivity index is 2.60. The van der Waals surface area contributed by atoms with Gasteiger partial charge in [-0.05, 0) is 19.8 Å². The first kappa shape index (κ1) is 16.7. The first-order valence-electron chi connectivity index (χ1n) is 7.51. The lowest BCUT2D eigenvalue weighted by atomic mass is 10.2. The number of esters is 1. The molecule has 0 aliphatic heterocycles. The van der Waals surface area contributed by atoms with E-state index in [-0.39, 0.29) is 18.1 Å². The summed E-state index contributed by atoms with van der Waals surface area (Å²) >= 11 is 0. The smallest absolute Gasteiger partial charge is 0.323 e. The Morgan fingerprint density at radius 2 is 2.20 bits per heavy atom. The van der Waals surface area contributed by atoms with Gasteiger partial charge in [-0.25, -0.2) is 4.98 Å². The Bertz CT molecular complexity index is 402. The molecule has 0 aliphatic carbocycles. The second kappa shape index (κ2) is 8.74. The van der Waals surface area contributed by atoms with E-state index in [1.165, 1.54) is 0 Å². The highest BCUT2D eigenvalue weighted by molar-refractivity contribution is 5.75. The lowest BCUT2D eigenvalue weighted by Crippen LogP contribution is -2.42. The van der Waals surface area contributed by atoms with Crippen molar-refractivity contribution in [2.75, 3.05) is 6.61 Å². The van der Waals surface area contributed by atoms with Crippen molar-refractivity contribution in [2.45, 2.75) is 65.6 Å². The number of nitrogens with zero attached hydrogens (tertiary/aromatic N) is 2.